The van der Waals surface area contributed by atoms with Gasteiger partial charge in [-0.3, -0.25) is 9.88 Å². The maximum Gasteiger partial charge on any atom is 0.417 e. The summed E-state index contributed by atoms with van der Waals surface area (Å²) in [6.07, 6.45) is 4.61. The molecule has 0 unspecified atom stereocenters. The first kappa shape index (κ1) is 16.9. The zero-order chi connectivity index (χ0) is 17.8. The van der Waals surface area contributed by atoms with Crippen LogP contribution in [0.15, 0.2) is 51.7 Å². The van der Waals surface area contributed by atoms with Crippen LogP contribution in [0.5, 0.6) is 5.75 Å². The lowest BCUT2D eigenvalue weighted by Crippen LogP contribution is -2.33. The number of hydrogen-bond acceptors (Lipinski definition) is 4. The van der Waals surface area contributed by atoms with E-state index in [-0.39, 0.29) is 0 Å². The fourth-order valence-corrected chi connectivity index (χ4v) is 3.61. The van der Waals surface area contributed by atoms with E-state index in [9.17, 15) is 4.79 Å². The van der Waals surface area contributed by atoms with E-state index >= 15 is 0 Å². The van der Waals surface area contributed by atoms with E-state index < -0.39 is 5.76 Å². The van der Waals surface area contributed by atoms with Crippen LogP contribution in [0.2, 0.25) is 0 Å². The molecule has 0 saturated carbocycles. The maximum atomic E-state index is 11.7. The van der Waals surface area contributed by atoms with Crippen molar-refractivity contribution in [1.29, 1.82) is 0 Å². The number of fused-ring (bicyclic) bond motifs is 1. The van der Waals surface area contributed by atoms with Crippen molar-refractivity contribution in [2.75, 3.05) is 26.2 Å². The highest BCUT2D eigenvalue weighted by molar-refractivity contribution is 5.78. The van der Waals surface area contributed by atoms with Gasteiger partial charge in [0.15, 0.2) is 5.58 Å². The van der Waals surface area contributed by atoms with Crippen molar-refractivity contribution < 1.29 is 9.15 Å². The number of aromatic nitrogens is 1. The van der Waals surface area contributed by atoms with E-state index in [1.807, 2.05) is 24.3 Å². The van der Waals surface area contributed by atoms with Gasteiger partial charge in [0.1, 0.15) is 12.4 Å². The summed E-state index contributed by atoms with van der Waals surface area (Å²) in [5.41, 5.74) is 3.49. The van der Waals surface area contributed by atoms with E-state index in [4.69, 9.17) is 9.15 Å². The monoisotopic (exact) mass is 352 g/mol. The Balaban J connectivity index is 1.52. The summed E-state index contributed by atoms with van der Waals surface area (Å²) in [4.78, 5) is 16.9. The SMILES string of the molecule is O=c1[nH]c2c(Cc3ccccc3)cc(OCCN3CCCCC3)cc2o1. The number of aromatic amines is 1. The van der Waals surface area contributed by atoms with E-state index in [0.717, 1.165) is 42.9 Å². The molecule has 1 aliphatic heterocycles. The third-order valence-corrected chi connectivity index (χ3v) is 4.95. The van der Waals surface area contributed by atoms with Crippen LogP contribution in [0.4, 0.5) is 0 Å². The van der Waals surface area contributed by atoms with E-state index in [1.54, 1.807) is 6.07 Å². The first-order chi connectivity index (χ1) is 12.8. The predicted octanol–water partition coefficient (Wildman–Crippen LogP) is 3.58. The summed E-state index contributed by atoms with van der Waals surface area (Å²) in [6, 6.07) is 14.0. The van der Waals surface area contributed by atoms with Gasteiger partial charge in [0.05, 0.1) is 5.52 Å². The molecular weight excluding hydrogens is 328 g/mol. The van der Waals surface area contributed by atoms with E-state index in [1.165, 1.54) is 24.8 Å². The third-order valence-electron chi connectivity index (χ3n) is 4.95. The number of piperidine rings is 1. The van der Waals surface area contributed by atoms with Gasteiger partial charge in [-0.1, -0.05) is 36.8 Å². The van der Waals surface area contributed by atoms with Crippen LogP contribution in [-0.4, -0.2) is 36.1 Å². The van der Waals surface area contributed by atoms with Crippen LogP contribution in [0, 0.1) is 0 Å². The molecule has 0 aliphatic carbocycles. The Bertz CT molecular complexity index is 908. The quantitative estimate of drug-likeness (QED) is 0.737. The van der Waals surface area contributed by atoms with Crippen LogP contribution in [0.25, 0.3) is 11.1 Å². The fraction of sp³-hybridized carbons (Fsp3) is 0.381. The number of benzene rings is 2. The molecular formula is C21H24N2O3. The minimum Gasteiger partial charge on any atom is -0.492 e. The summed E-state index contributed by atoms with van der Waals surface area (Å²) in [5.74, 6) is 0.322. The predicted molar refractivity (Wildman–Crippen MR) is 102 cm³/mol. The first-order valence-corrected chi connectivity index (χ1v) is 9.33. The molecule has 0 bridgehead atoms. The summed E-state index contributed by atoms with van der Waals surface area (Å²) < 4.78 is 11.3. The number of likely N-dealkylation sites (tertiary alicyclic amines) is 1. The summed E-state index contributed by atoms with van der Waals surface area (Å²) >= 11 is 0. The number of ether oxygens (including phenoxy) is 1. The van der Waals surface area contributed by atoms with Gasteiger partial charge in [-0.05, 0) is 49.5 Å². The van der Waals surface area contributed by atoms with Gasteiger partial charge >= 0.3 is 5.76 Å². The Morgan fingerprint density at radius 3 is 2.69 bits per heavy atom. The maximum absolute atomic E-state index is 11.7. The molecule has 2 heterocycles. The zero-order valence-corrected chi connectivity index (χ0v) is 14.9. The number of hydrogen-bond donors (Lipinski definition) is 1. The molecule has 0 radical (unpaired) electrons. The van der Waals surface area contributed by atoms with Crippen molar-refractivity contribution in [2.24, 2.45) is 0 Å². The number of nitrogens with one attached hydrogen (secondary N) is 1. The molecule has 1 N–H and O–H groups in total. The average Bonchev–Trinajstić information content (AvgIpc) is 3.04. The van der Waals surface area contributed by atoms with Gasteiger partial charge in [-0.25, -0.2) is 4.79 Å². The van der Waals surface area contributed by atoms with Gasteiger partial charge in [-0.15, -0.1) is 0 Å². The molecule has 5 nitrogen and oxygen atoms in total. The van der Waals surface area contributed by atoms with Crippen LogP contribution < -0.4 is 10.5 Å². The zero-order valence-electron chi connectivity index (χ0n) is 14.9. The minimum absolute atomic E-state index is 0.431. The Morgan fingerprint density at radius 1 is 1.08 bits per heavy atom. The molecule has 5 heteroatoms. The van der Waals surface area contributed by atoms with Crippen LogP contribution in [0.1, 0.15) is 30.4 Å². The average molecular weight is 352 g/mol. The lowest BCUT2D eigenvalue weighted by molar-refractivity contribution is 0.183. The Labute approximate surface area is 152 Å². The van der Waals surface area contributed by atoms with Gasteiger partial charge in [0.2, 0.25) is 0 Å². The molecule has 4 rings (SSSR count). The first-order valence-electron chi connectivity index (χ1n) is 9.33. The van der Waals surface area contributed by atoms with Crippen molar-refractivity contribution in [3.05, 3.63) is 64.1 Å². The second kappa shape index (κ2) is 7.79. The minimum atomic E-state index is -0.431. The summed E-state index contributed by atoms with van der Waals surface area (Å²) in [6.45, 7) is 3.90. The molecule has 136 valence electrons. The van der Waals surface area contributed by atoms with Crippen molar-refractivity contribution in [2.45, 2.75) is 25.7 Å². The van der Waals surface area contributed by atoms with Gasteiger partial charge in [0, 0.05) is 12.6 Å². The summed E-state index contributed by atoms with van der Waals surface area (Å²) in [5, 5.41) is 0. The topological polar surface area (TPSA) is 58.5 Å². The second-order valence-corrected chi connectivity index (χ2v) is 6.88. The van der Waals surface area contributed by atoms with Crippen LogP contribution in [0.3, 0.4) is 0 Å². The van der Waals surface area contributed by atoms with Crippen molar-refractivity contribution in [3.63, 3.8) is 0 Å². The van der Waals surface area contributed by atoms with E-state index in [2.05, 4.69) is 22.0 Å². The Hall–Kier alpha value is -2.53. The molecule has 1 saturated heterocycles. The van der Waals surface area contributed by atoms with Crippen LogP contribution >= 0.6 is 0 Å². The van der Waals surface area contributed by atoms with Crippen LogP contribution in [-0.2, 0) is 6.42 Å². The van der Waals surface area contributed by atoms with Crippen molar-refractivity contribution in [1.82, 2.24) is 9.88 Å². The largest absolute Gasteiger partial charge is 0.492 e. The fourth-order valence-electron chi connectivity index (χ4n) is 3.61. The van der Waals surface area contributed by atoms with Crippen molar-refractivity contribution in [3.8, 4) is 5.75 Å². The normalized spacial score (nSPS) is 15.4. The number of rotatable bonds is 6. The Morgan fingerprint density at radius 2 is 1.88 bits per heavy atom. The van der Waals surface area contributed by atoms with Gasteiger partial charge in [0.25, 0.3) is 0 Å². The van der Waals surface area contributed by atoms with Gasteiger partial charge in [-0.2, -0.15) is 0 Å². The lowest BCUT2D eigenvalue weighted by Gasteiger charge is -2.26. The third kappa shape index (κ3) is 3.99. The highest BCUT2D eigenvalue weighted by Gasteiger charge is 2.13. The molecule has 1 aromatic heterocycles. The standard InChI is InChI=1S/C21H24N2O3/c24-21-22-20-17(13-16-7-3-1-4-8-16)14-18(15-19(20)26-21)25-12-11-23-9-5-2-6-10-23/h1,3-4,7-8,14-15H,2,5-6,9-13H2,(H,22,24). The molecule has 0 amide bonds. The molecule has 2 aromatic carbocycles. The number of nitrogens with zero attached hydrogens (tertiary/aromatic N) is 1. The molecule has 1 fully saturated rings. The highest BCUT2D eigenvalue weighted by Crippen LogP contribution is 2.25. The lowest BCUT2D eigenvalue weighted by atomic mass is 10.0. The summed E-state index contributed by atoms with van der Waals surface area (Å²) in [7, 11) is 0. The number of H-pyrrole nitrogens is 1. The number of oxazole rings is 1. The molecule has 26 heavy (non-hydrogen) atoms. The molecule has 0 atom stereocenters. The molecule has 3 aromatic rings. The van der Waals surface area contributed by atoms with E-state index in [0.29, 0.717) is 12.2 Å². The molecule has 1 aliphatic rings. The second-order valence-electron chi connectivity index (χ2n) is 6.88. The molecule has 0 spiro atoms. The highest BCUT2D eigenvalue weighted by atomic mass is 16.5. The van der Waals surface area contributed by atoms with Crippen molar-refractivity contribution >= 4 is 11.1 Å². The smallest absolute Gasteiger partial charge is 0.417 e. The Kier molecular flexibility index (Phi) is 5.07. The van der Waals surface area contributed by atoms with Gasteiger partial charge < -0.3 is 9.15 Å².